The zero-order chi connectivity index (χ0) is 18.9. The van der Waals surface area contributed by atoms with Crippen molar-refractivity contribution < 1.29 is 28.7 Å². The second-order valence-corrected chi connectivity index (χ2v) is 5.29. The summed E-state index contributed by atoms with van der Waals surface area (Å²) in [5.74, 6) is -4.97. The molecule has 2 aromatic rings. The molecule has 26 heavy (non-hydrogen) atoms. The van der Waals surface area contributed by atoms with Crippen LogP contribution in [0.25, 0.3) is 0 Å². The highest BCUT2D eigenvalue weighted by atomic mass is 16.5. The second-order valence-electron chi connectivity index (χ2n) is 5.29. The number of carbonyl (C=O) groups is 4. The van der Waals surface area contributed by atoms with Crippen LogP contribution in [0.4, 0.5) is 0 Å². The highest BCUT2D eigenvalue weighted by Crippen LogP contribution is 2.04. The van der Waals surface area contributed by atoms with E-state index in [0.29, 0.717) is 16.0 Å². The van der Waals surface area contributed by atoms with Crippen LogP contribution in [-0.4, -0.2) is 35.7 Å². The highest BCUT2D eigenvalue weighted by Gasteiger charge is 2.30. The zero-order valence-electron chi connectivity index (χ0n) is 14.1. The molecule has 0 heterocycles. The molecule has 2 aromatic carbocycles. The zero-order valence-corrected chi connectivity index (χ0v) is 14.1. The number of rotatable bonds is 4. The van der Waals surface area contributed by atoms with E-state index in [-0.39, 0.29) is 13.2 Å². The van der Waals surface area contributed by atoms with Crippen molar-refractivity contribution in [3.63, 3.8) is 0 Å². The summed E-state index contributed by atoms with van der Waals surface area (Å²) in [5, 5.41) is 0. The van der Waals surface area contributed by atoms with Crippen LogP contribution in [0.15, 0.2) is 60.7 Å². The van der Waals surface area contributed by atoms with Crippen LogP contribution in [-0.2, 0) is 41.9 Å². The van der Waals surface area contributed by atoms with Gasteiger partial charge in [0.15, 0.2) is 0 Å². The van der Waals surface area contributed by atoms with E-state index < -0.39 is 23.8 Å². The quantitative estimate of drug-likeness (QED) is 0.609. The van der Waals surface area contributed by atoms with Crippen LogP contribution in [0.1, 0.15) is 11.1 Å². The first-order chi connectivity index (χ1) is 12.5. The number of imide groups is 1. The molecule has 0 aliphatic carbocycles. The predicted octanol–water partition coefficient (Wildman–Crippen LogP) is 1.46. The molecule has 0 saturated heterocycles. The van der Waals surface area contributed by atoms with Gasteiger partial charge in [-0.05, 0) is 11.1 Å². The number of hydrogen-bond acceptors (Lipinski definition) is 6. The third-order valence-electron chi connectivity index (χ3n) is 3.38. The van der Waals surface area contributed by atoms with Crippen LogP contribution in [0.5, 0.6) is 0 Å². The maximum Gasteiger partial charge on any atom is 0.397 e. The van der Waals surface area contributed by atoms with Crippen molar-refractivity contribution >= 4 is 23.8 Å². The van der Waals surface area contributed by atoms with E-state index in [1.165, 1.54) is 0 Å². The van der Waals surface area contributed by atoms with Crippen LogP contribution >= 0.6 is 0 Å². The molecule has 0 radical (unpaired) electrons. The minimum Gasteiger partial charge on any atom is -0.454 e. The van der Waals surface area contributed by atoms with Gasteiger partial charge in [-0.1, -0.05) is 60.7 Å². The molecule has 0 bridgehead atoms. The van der Waals surface area contributed by atoms with Gasteiger partial charge >= 0.3 is 23.8 Å². The minimum atomic E-state index is -1.25. The normalized spacial score (nSPS) is 9.88. The van der Waals surface area contributed by atoms with Gasteiger partial charge in [0, 0.05) is 7.05 Å². The molecule has 0 atom stereocenters. The molecule has 2 rings (SSSR count). The smallest absolute Gasteiger partial charge is 0.397 e. The molecule has 0 fully saturated rings. The van der Waals surface area contributed by atoms with Gasteiger partial charge in [0.25, 0.3) is 0 Å². The molecule has 0 aliphatic rings. The lowest BCUT2D eigenvalue weighted by Crippen LogP contribution is -2.43. The summed E-state index contributed by atoms with van der Waals surface area (Å²) >= 11 is 0. The Labute approximate surface area is 150 Å². The van der Waals surface area contributed by atoms with E-state index in [1.807, 2.05) is 0 Å². The molecule has 7 heteroatoms. The van der Waals surface area contributed by atoms with Crippen molar-refractivity contribution in [3.05, 3.63) is 71.8 Å². The van der Waals surface area contributed by atoms with Crippen molar-refractivity contribution in [2.24, 2.45) is 0 Å². The van der Waals surface area contributed by atoms with E-state index >= 15 is 0 Å². The van der Waals surface area contributed by atoms with Gasteiger partial charge in [0.05, 0.1) is 0 Å². The van der Waals surface area contributed by atoms with E-state index in [9.17, 15) is 19.2 Å². The molecule has 2 amide bonds. The second kappa shape index (κ2) is 9.12. The molecule has 0 N–H and O–H groups in total. The molecule has 0 saturated carbocycles. The van der Waals surface area contributed by atoms with E-state index in [4.69, 9.17) is 9.47 Å². The first-order valence-corrected chi connectivity index (χ1v) is 7.72. The van der Waals surface area contributed by atoms with E-state index in [0.717, 1.165) is 7.05 Å². The first-order valence-electron chi connectivity index (χ1n) is 7.72. The summed E-state index contributed by atoms with van der Waals surface area (Å²) < 4.78 is 9.67. The van der Waals surface area contributed by atoms with Crippen LogP contribution in [0.2, 0.25) is 0 Å². The molecular weight excluding hydrogens is 338 g/mol. The number of nitrogens with zero attached hydrogens (tertiary/aromatic N) is 1. The Morgan fingerprint density at radius 1 is 0.692 bits per heavy atom. The number of carbonyl (C=O) groups excluding carboxylic acids is 4. The predicted molar refractivity (Wildman–Crippen MR) is 90.3 cm³/mol. The molecular formula is C19H17NO6. The highest BCUT2D eigenvalue weighted by molar-refractivity contribution is 6.43. The van der Waals surface area contributed by atoms with Gasteiger partial charge in [0.2, 0.25) is 0 Å². The average Bonchev–Trinajstić information content (AvgIpc) is 2.70. The minimum absolute atomic E-state index is 0.119. The molecule has 7 nitrogen and oxygen atoms in total. The Balaban J connectivity index is 1.84. The molecule has 0 aromatic heterocycles. The van der Waals surface area contributed by atoms with Crippen molar-refractivity contribution in [3.8, 4) is 0 Å². The lowest BCUT2D eigenvalue weighted by molar-refractivity contribution is -0.169. The van der Waals surface area contributed by atoms with Crippen molar-refractivity contribution in [1.82, 2.24) is 4.90 Å². The molecule has 0 aliphatic heterocycles. The van der Waals surface area contributed by atoms with Crippen LogP contribution in [0.3, 0.4) is 0 Å². The first kappa shape index (κ1) is 18.9. The molecule has 0 unspecified atom stereocenters. The van der Waals surface area contributed by atoms with Crippen molar-refractivity contribution in [2.45, 2.75) is 13.2 Å². The van der Waals surface area contributed by atoms with Gasteiger partial charge < -0.3 is 9.47 Å². The van der Waals surface area contributed by atoms with Gasteiger partial charge in [-0.2, -0.15) is 0 Å². The average molecular weight is 355 g/mol. The summed E-state index contributed by atoms with van der Waals surface area (Å²) in [5.41, 5.74) is 1.37. The van der Waals surface area contributed by atoms with Gasteiger partial charge in [0.1, 0.15) is 13.2 Å². The third-order valence-corrected chi connectivity index (χ3v) is 3.38. The fourth-order valence-electron chi connectivity index (χ4n) is 1.94. The van der Waals surface area contributed by atoms with Crippen LogP contribution < -0.4 is 0 Å². The fraction of sp³-hybridized carbons (Fsp3) is 0.158. The summed E-state index contributed by atoms with van der Waals surface area (Å²) in [7, 11) is 1.01. The Morgan fingerprint density at radius 3 is 1.38 bits per heavy atom. The number of benzene rings is 2. The molecule has 134 valence electrons. The maximum absolute atomic E-state index is 11.9. The fourth-order valence-corrected chi connectivity index (χ4v) is 1.94. The maximum atomic E-state index is 11.9. The Morgan fingerprint density at radius 2 is 1.04 bits per heavy atom. The lowest BCUT2D eigenvalue weighted by atomic mass is 10.2. The number of ether oxygens (including phenoxy) is 2. The van der Waals surface area contributed by atoms with Crippen molar-refractivity contribution in [2.75, 3.05) is 7.05 Å². The standard InChI is InChI=1S/C19H17NO6/c1-20(16(21)18(23)25-12-14-8-4-2-5-9-14)17(22)19(24)26-13-15-10-6-3-7-11-15/h2-11H,12-13H2,1H3. The number of hydrogen-bond donors (Lipinski definition) is 0. The Kier molecular flexibility index (Phi) is 6.61. The summed E-state index contributed by atoms with van der Waals surface area (Å²) in [6.07, 6.45) is 0. The number of likely N-dealkylation sites (N-methyl/N-ethyl adjacent to an activating group) is 1. The van der Waals surface area contributed by atoms with Crippen LogP contribution in [0, 0.1) is 0 Å². The lowest BCUT2D eigenvalue weighted by Gasteiger charge is -2.13. The topological polar surface area (TPSA) is 90.0 Å². The molecule has 0 spiro atoms. The number of amides is 2. The van der Waals surface area contributed by atoms with Gasteiger partial charge in [-0.25, -0.2) is 9.59 Å². The SMILES string of the molecule is CN(C(=O)C(=O)OCc1ccccc1)C(=O)C(=O)OCc1ccccc1. The third kappa shape index (κ3) is 5.27. The number of esters is 2. The van der Waals surface area contributed by atoms with Crippen molar-refractivity contribution in [1.29, 1.82) is 0 Å². The Hall–Kier alpha value is -3.48. The van der Waals surface area contributed by atoms with E-state index in [1.54, 1.807) is 60.7 Å². The summed E-state index contributed by atoms with van der Waals surface area (Å²) in [4.78, 5) is 47.7. The van der Waals surface area contributed by atoms with E-state index in [2.05, 4.69) is 0 Å². The Bertz CT molecular complexity index is 721. The van der Waals surface area contributed by atoms with Gasteiger partial charge in [-0.15, -0.1) is 0 Å². The summed E-state index contributed by atoms with van der Waals surface area (Å²) in [6, 6.07) is 17.5. The summed E-state index contributed by atoms with van der Waals surface area (Å²) in [6.45, 7) is -0.238. The monoisotopic (exact) mass is 355 g/mol. The largest absolute Gasteiger partial charge is 0.454 e. The van der Waals surface area contributed by atoms with Gasteiger partial charge in [-0.3, -0.25) is 14.5 Å².